The van der Waals surface area contributed by atoms with E-state index in [9.17, 15) is 13.2 Å². The SMILES string of the molecule is CN(Cc1ccccc1)S(=O)(=O)c1ccc(NC(=O)c2cc(Cl)c(Cl)n2C)cc1. The molecule has 0 saturated heterocycles. The number of amides is 1. The first-order valence-electron chi connectivity index (χ1n) is 8.62. The van der Waals surface area contributed by atoms with E-state index in [1.807, 2.05) is 30.3 Å². The number of halogens is 2. The van der Waals surface area contributed by atoms with Crippen molar-refractivity contribution in [2.75, 3.05) is 12.4 Å². The second-order valence-electron chi connectivity index (χ2n) is 6.45. The maximum Gasteiger partial charge on any atom is 0.272 e. The van der Waals surface area contributed by atoms with Crippen LogP contribution in [0.15, 0.2) is 65.6 Å². The van der Waals surface area contributed by atoms with E-state index in [1.165, 1.54) is 46.3 Å². The third kappa shape index (κ3) is 4.64. The Morgan fingerprint density at radius 3 is 2.24 bits per heavy atom. The van der Waals surface area contributed by atoms with E-state index in [0.717, 1.165) is 5.56 Å². The summed E-state index contributed by atoms with van der Waals surface area (Å²) in [7, 11) is -0.507. The largest absolute Gasteiger partial charge is 0.329 e. The summed E-state index contributed by atoms with van der Waals surface area (Å²) in [5, 5.41) is 3.25. The first-order chi connectivity index (χ1) is 13.7. The Morgan fingerprint density at radius 2 is 1.69 bits per heavy atom. The van der Waals surface area contributed by atoms with Crippen molar-refractivity contribution < 1.29 is 13.2 Å². The van der Waals surface area contributed by atoms with Crippen LogP contribution in [0.4, 0.5) is 5.69 Å². The van der Waals surface area contributed by atoms with Gasteiger partial charge >= 0.3 is 0 Å². The van der Waals surface area contributed by atoms with Gasteiger partial charge in [0.05, 0.1) is 9.92 Å². The van der Waals surface area contributed by atoms with Gasteiger partial charge in [-0.05, 0) is 35.9 Å². The predicted octanol–water partition coefficient (Wildman–Crippen LogP) is 4.40. The van der Waals surface area contributed by atoms with Crippen molar-refractivity contribution in [1.82, 2.24) is 8.87 Å². The molecular formula is C20H19Cl2N3O3S. The molecule has 0 fully saturated rings. The number of benzene rings is 2. The molecule has 0 aliphatic carbocycles. The minimum absolute atomic E-state index is 0.138. The third-order valence-electron chi connectivity index (χ3n) is 4.42. The van der Waals surface area contributed by atoms with Crippen LogP contribution in [0.1, 0.15) is 16.1 Å². The standard InChI is InChI=1S/C20H19Cl2N3O3S/c1-24(13-14-6-4-3-5-7-14)29(27,28)16-10-8-15(9-11-16)23-20(26)18-12-17(21)19(22)25(18)2/h3-12H,13H2,1-2H3,(H,23,26). The first kappa shape index (κ1) is 21.4. The monoisotopic (exact) mass is 451 g/mol. The van der Waals surface area contributed by atoms with Crippen LogP contribution in [0.3, 0.4) is 0 Å². The molecule has 3 aromatic rings. The van der Waals surface area contributed by atoms with Gasteiger partial charge in [-0.1, -0.05) is 53.5 Å². The highest BCUT2D eigenvalue weighted by molar-refractivity contribution is 7.89. The molecule has 9 heteroatoms. The molecule has 152 valence electrons. The summed E-state index contributed by atoms with van der Waals surface area (Å²) in [6.07, 6.45) is 0. The fourth-order valence-electron chi connectivity index (χ4n) is 2.77. The van der Waals surface area contributed by atoms with Gasteiger partial charge in [-0.25, -0.2) is 8.42 Å². The molecule has 1 N–H and O–H groups in total. The second kappa shape index (κ2) is 8.59. The van der Waals surface area contributed by atoms with Crippen LogP contribution in [-0.4, -0.2) is 30.2 Å². The molecule has 2 aromatic carbocycles. The van der Waals surface area contributed by atoms with Gasteiger partial charge in [-0.15, -0.1) is 0 Å². The number of rotatable bonds is 6. The topological polar surface area (TPSA) is 71.4 Å². The van der Waals surface area contributed by atoms with Gasteiger partial charge in [-0.3, -0.25) is 4.79 Å². The Kier molecular flexibility index (Phi) is 6.33. The Balaban J connectivity index is 1.73. The lowest BCUT2D eigenvalue weighted by atomic mass is 10.2. The maximum atomic E-state index is 12.8. The summed E-state index contributed by atoms with van der Waals surface area (Å²) in [5.41, 5.74) is 1.63. The third-order valence-corrected chi connectivity index (χ3v) is 7.08. The minimum atomic E-state index is -3.66. The van der Waals surface area contributed by atoms with Crippen LogP contribution in [0.2, 0.25) is 10.2 Å². The summed E-state index contributed by atoms with van der Waals surface area (Å²) in [4.78, 5) is 12.6. The van der Waals surface area contributed by atoms with Crippen LogP contribution >= 0.6 is 23.2 Å². The number of carbonyl (C=O) groups excluding carboxylic acids is 1. The summed E-state index contributed by atoms with van der Waals surface area (Å²) < 4.78 is 28.3. The Bertz CT molecular complexity index is 1130. The quantitative estimate of drug-likeness (QED) is 0.603. The van der Waals surface area contributed by atoms with Gasteiger partial charge in [0.15, 0.2) is 0 Å². The summed E-state index contributed by atoms with van der Waals surface area (Å²) in [6.45, 7) is 0.261. The molecule has 3 rings (SSSR count). The van der Waals surface area contributed by atoms with Gasteiger partial charge in [0.25, 0.3) is 5.91 Å². The van der Waals surface area contributed by atoms with Crippen molar-refractivity contribution >= 4 is 44.8 Å². The van der Waals surface area contributed by atoms with Gasteiger partial charge in [0.1, 0.15) is 10.8 Å². The highest BCUT2D eigenvalue weighted by Crippen LogP contribution is 2.26. The summed E-state index contributed by atoms with van der Waals surface area (Å²) in [5.74, 6) is -0.405. The number of anilines is 1. The average Bonchev–Trinajstić information content (AvgIpc) is 2.96. The highest BCUT2D eigenvalue weighted by Gasteiger charge is 2.21. The number of hydrogen-bond acceptors (Lipinski definition) is 3. The van der Waals surface area contributed by atoms with Crippen molar-refractivity contribution in [2.24, 2.45) is 7.05 Å². The highest BCUT2D eigenvalue weighted by atomic mass is 35.5. The van der Waals surface area contributed by atoms with Crippen molar-refractivity contribution in [1.29, 1.82) is 0 Å². The molecular weight excluding hydrogens is 433 g/mol. The van der Waals surface area contributed by atoms with Crippen LogP contribution in [0.25, 0.3) is 0 Å². The van der Waals surface area contributed by atoms with Crippen LogP contribution in [0, 0.1) is 0 Å². The first-order valence-corrected chi connectivity index (χ1v) is 10.8. The zero-order valence-corrected chi connectivity index (χ0v) is 18.1. The Labute approximate surface area is 179 Å². The summed E-state index contributed by atoms with van der Waals surface area (Å²) in [6, 6.07) is 16.8. The van der Waals surface area contributed by atoms with Gasteiger partial charge in [0, 0.05) is 26.3 Å². The molecule has 0 radical (unpaired) electrons. The fraction of sp³-hybridized carbons (Fsp3) is 0.150. The minimum Gasteiger partial charge on any atom is -0.329 e. The molecule has 1 aromatic heterocycles. The molecule has 1 amide bonds. The number of carbonyl (C=O) groups is 1. The number of aromatic nitrogens is 1. The molecule has 29 heavy (non-hydrogen) atoms. The van der Waals surface area contributed by atoms with E-state index in [0.29, 0.717) is 11.4 Å². The van der Waals surface area contributed by atoms with E-state index in [-0.39, 0.29) is 21.6 Å². The normalized spacial score (nSPS) is 11.6. The number of nitrogens with one attached hydrogen (secondary N) is 1. The maximum absolute atomic E-state index is 12.8. The molecule has 1 heterocycles. The van der Waals surface area contributed by atoms with E-state index >= 15 is 0 Å². The van der Waals surface area contributed by atoms with E-state index < -0.39 is 15.9 Å². The molecule has 6 nitrogen and oxygen atoms in total. The Morgan fingerprint density at radius 1 is 1.07 bits per heavy atom. The van der Waals surface area contributed by atoms with E-state index in [4.69, 9.17) is 23.2 Å². The molecule has 0 bridgehead atoms. The molecule has 0 spiro atoms. The number of sulfonamides is 1. The lowest BCUT2D eigenvalue weighted by Gasteiger charge is -2.17. The predicted molar refractivity (Wildman–Crippen MR) is 115 cm³/mol. The smallest absolute Gasteiger partial charge is 0.272 e. The molecule has 0 saturated carbocycles. The van der Waals surface area contributed by atoms with Gasteiger partial charge in [-0.2, -0.15) is 4.31 Å². The lowest BCUT2D eigenvalue weighted by Crippen LogP contribution is -2.26. The van der Waals surface area contributed by atoms with Crippen LogP contribution in [-0.2, 0) is 23.6 Å². The summed E-state index contributed by atoms with van der Waals surface area (Å²) >= 11 is 11.9. The van der Waals surface area contributed by atoms with E-state index in [1.54, 1.807) is 7.05 Å². The van der Waals surface area contributed by atoms with Crippen molar-refractivity contribution in [2.45, 2.75) is 11.4 Å². The number of nitrogens with zero attached hydrogens (tertiary/aromatic N) is 2. The molecule has 0 unspecified atom stereocenters. The molecule has 0 aliphatic heterocycles. The van der Waals surface area contributed by atoms with Crippen LogP contribution in [0.5, 0.6) is 0 Å². The van der Waals surface area contributed by atoms with Crippen LogP contribution < -0.4 is 5.32 Å². The zero-order chi connectivity index (χ0) is 21.2. The molecule has 0 atom stereocenters. The van der Waals surface area contributed by atoms with Crippen molar-refractivity contribution in [3.05, 3.63) is 82.1 Å². The second-order valence-corrected chi connectivity index (χ2v) is 9.26. The zero-order valence-electron chi connectivity index (χ0n) is 15.8. The molecule has 0 aliphatic rings. The van der Waals surface area contributed by atoms with Crippen molar-refractivity contribution in [3.8, 4) is 0 Å². The van der Waals surface area contributed by atoms with E-state index in [2.05, 4.69) is 5.32 Å². The van der Waals surface area contributed by atoms with Gasteiger partial charge < -0.3 is 9.88 Å². The number of hydrogen-bond donors (Lipinski definition) is 1. The van der Waals surface area contributed by atoms with Gasteiger partial charge in [0.2, 0.25) is 10.0 Å². The Hall–Kier alpha value is -2.32. The fourth-order valence-corrected chi connectivity index (χ4v) is 4.31. The average molecular weight is 452 g/mol. The van der Waals surface area contributed by atoms with Crippen molar-refractivity contribution in [3.63, 3.8) is 0 Å². The lowest BCUT2D eigenvalue weighted by molar-refractivity contribution is 0.101.